The van der Waals surface area contributed by atoms with Crippen LogP contribution in [0.2, 0.25) is 0 Å². The van der Waals surface area contributed by atoms with Gasteiger partial charge in [0.05, 0.1) is 12.0 Å². The van der Waals surface area contributed by atoms with Crippen LogP contribution in [0, 0.1) is 15.9 Å². The minimum Gasteiger partial charge on any atom is -0.465 e. The second-order valence-corrected chi connectivity index (χ2v) is 3.54. The van der Waals surface area contributed by atoms with Gasteiger partial charge in [0.25, 0.3) is 0 Å². The molecule has 7 heteroatoms. The molecule has 100 valence electrons. The third-order valence-electron chi connectivity index (χ3n) is 2.29. The SMILES string of the molecule is COC(=O)C(=Cc1cccc([N+](=O)[O-])c1F)C(C)=O. The Balaban J connectivity index is 3.37. The third kappa shape index (κ3) is 3.21. The number of hydrogen-bond donors (Lipinski definition) is 0. The minimum absolute atomic E-state index is 0.232. The normalized spacial score (nSPS) is 11.0. The van der Waals surface area contributed by atoms with Gasteiger partial charge in [-0.3, -0.25) is 14.9 Å². The predicted molar refractivity (Wildman–Crippen MR) is 63.7 cm³/mol. The first-order valence-electron chi connectivity index (χ1n) is 5.12. The molecule has 0 unspecified atom stereocenters. The number of nitro groups is 1. The van der Waals surface area contributed by atoms with Crippen molar-refractivity contribution < 1.29 is 23.6 Å². The highest BCUT2D eigenvalue weighted by molar-refractivity contribution is 6.19. The number of esters is 1. The fourth-order valence-corrected chi connectivity index (χ4v) is 1.36. The lowest BCUT2D eigenvalue weighted by atomic mass is 10.1. The fraction of sp³-hybridized carbons (Fsp3) is 0.167. The van der Waals surface area contributed by atoms with Crippen molar-refractivity contribution in [3.05, 3.63) is 45.3 Å². The maximum absolute atomic E-state index is 13.8. The highest BCUT2D eigenvalue weighted by Crippen LogP contribution is 2.22. The summed E-state index contributed by atoms with van der Waals surface area (Å²) in [6.45, 7) is 1.11. The Bertz CT molecular complexity index is 579. The molecule has 0 aromatic heterocycles. The lowest BCUT2D eigenvalue weighted by molar-refractivity contribution is -0.387. The number of Topliss-reactive ketones (excluding diaryl/α,β-unsaturated/α-hetero) is 1. The Morgan fingerprint density at radius 2 is 2.05 bits per heavy atom. The van der Waals surface area contributed by atoms with Gasteiger partial charge in [-0.05, 0) is 13.0 Å². The largest absolute Gasteiger partial charge is 0.465 e. The number of carbonyl (C=O) groups is 2. The first-order chi connectivity index (χ1) is 8.88. The van der Waals surface area contributed by atoms with Gasteiger partial charge in [0.15, 0.2) is 5.78 Å². The molecule has 0 aliphatic heterocycles. The average Bonchev–Trinajstić information content (AvgIpc) is 2.35. The van der Waals surface area contributed by atoms with Gasteiger partial charge < -0.3 is 4.74 Å². The second kappa shape index (κ2) is 5.85. The molecule has 1 rings (SSSR count). The van der Waals surface area contributed by atoms with E-state index in [4.69, 9.17) is 0 Å². The molecule has 0 saturated heterocycles. The number of benzene rings is 1. The zero-order valence-electron chi connectivity index (χ0n) is 10.2. The molecule has 0 atom stereocenters. The summed E-state index contributed by atoms with van der Waals surface area (Å²) in [6, 6.07) is 3.45. The summed E-state index contributed by atoms with van der Waals surface area (Å²) in [5.41, 5.74) is -1.35. The molecule has 0 aliphatic rings. The minimum atomic E-state index is -1.12. The Morgan fingerprint density at radius 3 is 2.53 bits per heavy atom. The zero-order chi connectivity index (χ0) is 14.6. The van der Waals surface area contributed by atoms with Crippen molar-refractivity contribution in [2.75, 3.05) is 7.11 Å². The van der Waals surface area contributed by atoms with Gasteiger partial charge in [-0.2, -0.15) is 4.39 Å². The molecule has 0 N–H and O–H groups in total. The molecule has 0 fully saturated rings. The maximum Gasteiger partial charge on any atom is 0.341 e. The highest BCUT2D eigenvalue weighted by Gasteiger charge is 2.20. The van der Waals surface area contributed by atoms with E-state index >= 15 is 0 Å². The second-order valence-electron chi connectivity index (χ2n) is 3.54. The van der Waals surface area contributed by atoms with Crippen LogP contribution in [-0.4, -0.2) is 23.8 Å². The van der Waals surface area contributed by atoms with Crippen molar-refractivity contribution in [3.8, 4) is 0 Å². The van der Waals surface area contributed by atoms with Crippen LogP contribution >= 0.6 is 0 Å². The van der Waals surface area contributed by atoms with Crippen molar-refractivity contribution in [3.63, 3.8) is 0 Å². The van der Waals surface area contributed by atoms with E-state index in [0.29, 0.717) is 0 Å². The van der Waals surface area contributed by atoms with Crippen molar-refractivity contribution in [2.24, 2.45) is 0 Å². The van der Waals surface area contributed by atoms with Gasteiger partial charge in [-0.1, -0.05) is 12.1 Å². The van der Waals surface area contributed by atoms with E-state index in [9.17, 15) is 24.1 Å². The molecule has 19 heavy (non-hydrogen) atoms. The topological polar surface area (TPSA) is 86.5 Å². The molecular weight excluding hydrogens is 257 g/mol. The molecule has 0 spiro atoms. The molecule has 0 saturated carbocycles. The van der Waals surface area contributed by atoms with Crippen molar-refractivity contribution >= 4 is 23.5 Å². The number of ether oxygens (including phenoxy) is 1. The van der Waals surface area contributed by atoms with Gasteiger partial charge in [0, 0.05) is 11.6 Å². The molecule has 1 aromatic carbocycles. The number of methoxy groups -OCH3 is 1. The standard InChI is InChI=1S/C12H10FNO5/c1-7(15)9(12(16)19-2)6-8-4-3-5-10(11(8)13)14(17)18/h3-6H,1-2H3. The Morgan fingerprint density at radius 1 is 1.42 bits per heavy atom. The summed E-state index contributed by atoms with van der Waals surface area (Å²) < 4.78 is 18.1. The van der Waals surface area contributed by atoms with E-state index in [1.165, 1.54) is 12.1 Å². The monoisotopic (exact) mass is 267 g/mol. The predicted octanol–water partition coefficient (Wildman–Crippen LogP) is 1.88. The highest BCUT2D eigenvalue weighted by atomic mass is 19.1. The number of halogens is 1. The smallest absolute Gasteiger partial charge is 0.341 e. The Kier molecular flexibility index (Phi) is 4.46. The summed E-state index contributed by atoms with van der Waals surface area (Å²) in [6.07, 6.45) is 0.927. The van der Waals surface area contributed by atoms with Gasteiger partial charge in [-0.25, -0.2) is 4.79 Å². The summed E-state index contributed by atoms with van der Waals surface area (Å²) in [5.74, 6) is -2.67. The van der Waals surface area contributed by atoms with Crippen LogP contribution in [0.15, 0.2) is 23.8 Å². The summed E-state index contributed by atoms with van der Waals surface area (Å²) in [7, 11) is 1.07. The van der Waals surface area contributed by atoms with Gasteiger partial charge >= 0.3 is 11.7 Å². The number of nitro benzene ring substituents is 1. The first-order valence-corrected chi connectivity index (χ1v) is 5.12. The zero-order valence-corrected chi connectivity index (χ0v) is 10.2. The van der Waals surface area contributed by atoms with E-state index in [0.717, 1.165) is 26.2 Å². The van der Waals surface area contributed by atoms with Gasteiger partial charge in [-0.15, -0.1) is 0 Å². The number of nitrogens with zero attached hydrogens (tertiary/aromatic N) is 1. The van der Waals surface area contributed by atoms with Crippen molar-refractivity contribution in [2.45, 2.75) is 6.92 Å². The van der Waals surface area contributed by atoms with Crippen LogP contribution in [0.25, 0.3) is 6.08 Å². The van der Waals surface area contributed by atoms with E-state index in [2.05, 4.69) is 4.74 Å². The lowest BCUT2D eigenvalue weighted by Gasteiger charge is -2.02. The van der Waals surface area contributed by atoms with Crippen LogP contribution in [0.1, 0.15) is 12.5 Å². The average molecular weight is 267 g/mol. The molecule has 0 radical (unpaired) electrons. The fourth-order valence-electron chi connectivity index (χ4n) is 1.36. The van der Waals surface area contributed by atoms with Crippen molar-refractivity contribution in [1.29, 1.82) is 0 Å². The third-order valence-corrected chi connectivity index (χ3v) is 2.29. The van der Waals surface area contributed by atoms with Crippen LogP contribution in [0.5, 0.6) is 0 Å². The Hall–Kier alpha value is -2.57. The summed E-state index contributed by atoms with van der Waals surface area (Å²) in [4.78, 5) is 32.3. The van der Waals surface area contributed by atoms with E-state index in [1.54, 1.807) is 0 Å². The Labute approximate surface area is 107 Å². The van der Waals surface area contributed by atoms with Gasteiger partial charge in [0.1, 0.15) is 5.57 Å². The van der Waals surface area contributed by atoms with E-state index in [-0.39, 0.29) is 11.1 Å². The van der Waals surface area contributed by atoms with Crippen LogP contribution in [-0.2, 0) is 14.3 Å². The molecule has 1 aromatic rings. The number of carbonyl (C=O) groups excluding carboxylic acids is 2. The van der Waals surface area contributed by atoms with E-state index in [1.807, 2.05) is 0 Å². The molecular formula is C12H10FNO5. The number of rotatable bonds is 4. The molecule has 0 bridgehead atoms. The van der Waals surface area contributed by atoms with Crippen LogP contribution in [0.4, 0.5) is 10.1 Å². The molecule has 0 heterocycles. The molecule has 6 nitrogen and oxygen atoms in total. The van der Waals surface area contributed by atoms with Crippen LogP contribution in [0.3, 0.4) is 0 Å². The molecule has 0 amide bonds. The van der Waals surface area contributed by atoms with Crippen molar-refractivity contribution in [1.82, 2.24) is 0 Å². The number of hydrogen-bond acceptors (Lipinski definition) is 5. The number of ketones is 1. The van der Waals surface area contributed by atoms with Crippen LogP contribution < -0.4 is 0 Å². The lowest BCUT2D eigenvalue weighted by Crippen LogP contribution is -2.11. The summed E-state index contributed by atoms with van der Waals surface area (Å²) >= 11 is 0. The van der Waals surface area contributed by atoms with E-state index < -0.39 is 28.2 Å². The maximum atomic E-state index is 13.8. The quantitative estimate of drug-likeness (QED) is 0.207. The molecule has 0 aliphatic carbocycles. The summed E-state index contributed by atoms with van der Waals surface area (Å²) in [5, 5.41) is 10.6. The first kappa shape index (κ1) is 14.5. The van der Waals surface area contributed by atoms with Gasteiger partial charge in [0.2, 0.25) is 5.82 Å².